The minimum Gasteiger partial charge on any atom is -0.349 e. The molecule has 1 saturated heterocycles. The van der Waals surface area contributed by atoms with Crippen LogP contribution >= 0.6 is 7.75 Å². The van der Waals surface area contributed by atoms with Crippen molar-refractivity contribution in [1.82, 2.24) is 19.4 Å². The van der Waals surface area contributed by atoms with E-state index in [0.717, 1.165) is 0 Å². The van der Waals surface area contributed by atoms with Gasteiger partial charge < -0.3 is 19.3 Å². The second kappa shape index (κ2) is 11.1. The van der Waals surface area contributed by atoms with Crippen molar-refractivity contribution >= 4 is 7.75 Å². The molecule has 2 aromatic carbocycles. The molecule has 1 aliphatic rings. The predicted octanol–water partition coefficient (Wildman–Crippen LogP) is 4.23. The highest BCUT2D eigenvalue weighted by molar-refractivity contribution is 7.49. The number of nitrogens with one attached hydrogen (secondary N) is 1. The minimum atomic E-state index is -5.03. The van der Waals surface area contributed by atoms with Crippen molar-refractivity contribution in [1.29, 1.82) is 0 Å². The van der Waals surface area contributed by atoms with E-state index in [-0.39, 0.29) is 41.6 Å². The number of hydrogen-bond donors (Lipinski definition) is 3. The van der Waals surface area contributed by atoms with E-state index in [2.05, 4.69) is 10.1 Å². The summed E-state index contributed by atoms with van der Waals surface area (Å²) in [7, 11) is -5.03. The molecule has 40 heavy (non-hydrogen) atoms. The summed E-state index contributed by atoms with van der Waals surface area (Å²) in [4.78, 5) is 34.5. The molecule has 3 N–H and O–H groups in total. The molecule has 0 spiro atoms. The summed E-state index contributed by atoms with van der Waals surface area (Å²) in [6, 6.07) is 8.87. The van der Waals surface area contributed by atoms with Crippen LogP contribution in [0.15, 0.2) is 53.3 Å². The van der Waals surface area contributed by atoms with Gasteiger partial charge >= 0.3 is 25.8 Å². The number of benzene rings is 2. The maximum atomic E-state index is 13.4. The predicted molar refractivity (Wildman–Crippen MR) is 126 cm³/mol. The molecule has 1 aromatic heterocycles. The highest BCUT2D eigenvalue weighted by Gasteiger charge is 2.39. The van der Waals surface area contributed by atoms with Crippen LogP contribution in [0.4, 0.5) is 26.3 Å². The van der Waals surface area contributed by atoms with Crippen LogP contribution in [0.5, 0.6) is 0 Å². The zero-order valence-corrected chi connectivity index (χ0v) is 21.5. The molecule has 3 aromatic rings. The molecule has 0 bridgehead atoms. The molecule has 0 amide bonds. The topological polar surface area (TPSA) is 130 Å². The van der Waals surface area contributed by atoms with E-state index in [1.54, 1.807) is 35.2 Å². The van der Waals surface area contributed by atoms with E-state index in [9.17, 15) is 45.5 Å². The largest absolute Gasteiger partial charge is 0.454 e. The number of rotatable bonds is 7. The number of alkyl halides is 6. The first kappa shape index (κ1) is 30.0. The summed E-state index contributed by atoms with van der Waals surface area (Å²) < 4.78 is 103. The third kappa shape index (κ3) is 6.82. The van der Waals surface area contributed by atoms with Crippen LogP contribution in [0, 0.1) is 0 Å². The molecule has 0 aliphatic carbocycles. The molecule has 10 nitrogen and oxygen atoms in total. The van der Waals surface area contributed by atoms with Crippen molar-refractivity contribution in [3.8, 4) is 0 Å². The number of aromatic nitrogens is 3. The Labute approximate surface area is 222 Å². The van der Waals surface area contributed by atoms with Gasteiger partial charge in [-0.2, -0.15) is 26.3 Å². The fourth-order valence-electron chi connectivity index (χ4n) is 4.29. The standard InChI is InChI=1S/C23H23F6N4O6P/c1-13(15-9-16(22(24,25)26)11-17(10-15)23(27,28)29)39-20-19(14-5-3-2-4-6-14)32(7-8-38-20)12-18-30-21(34)33(31-18)40(35,36)37/h2-6,9-11,13,19-20H,7-8,12H2,1H3,(H,30,31,34)(H2,35,36,37)/t13?,19-,20+/m0/s1. The summed E-state index contributed by atoms with van der Waals surface area (Å²) in [5.41, 5.74) is -3.89. The summed E-state index contributed by atoms with van der Waals surface area (Å²) in [5.74, 6) is -0.101. The van der Waals surface area contributed by atoms with Gasteiger partial charge in [0.15, 0.2) is 6.29 Å². The Kier molecular flexibility index (Phi) is 8.32. The highest BCUT2D eigenvalue weighted by atomic mass is 31.2. The van der Waals surface area contributed by atoms with Gasteiger partial charge in [-0.05, 0) is 36.2 Å². The average Bonchev–Trinajstić information content (AvgIpc) is 3.24. The van der Waals surface area contributed by atoms with Gasteiger partial charge in [-0.3, -0.25) is 9.88 Å². The molecule has 4 rings (SSSR count). The number of H-pyrrole nitrogens is 1. The van der Waals surface area contributed by atoms with E-state index in [0.29, 0.717) is 17.7 Å². The van der Waals surface area contributed by atoms with Crippen LogP contribution in [0.3, 0.4) is 0 Å². The molecular formula is C23H23F6N4O6P. The monoisotopic (exact) mass is 596 g/mol. The van der Waals surface area contributed by atoms with Gasteiger partial charge in [-0.1, -0.05) is 30.3 Å². The van der Waals surface area contributed by atoms with Crippen molar-refractivity contribution in [3.63, 3.8) is 0 Å². The molecule has 2 heterocycles. The summed E-state index contributed by atoms with van der Waals surface area (Å²) in [6.07, 6.45) is -12.6. The number of halogens is 6. The Hall–Kier alpha value is -3.01. The lowest BCUT2D eigenvalue weighted by atomic mass is 10.0. The van der Waals surface area contributed by atoms with Crippen molar-refractivity contribution < 1.29 is 50.2 Å². The van der Waals surface area contributed by atoms with Crippen molar-refractivity contribution in [3.05, 3.63) is 87.1 Å². The average molecular weight is 596 g/mol. The Morgan fingerprint density at radius 1 is 1.10 bits per heavy atom. The van der Waals surface area contributed by atoms with Crippen LogP contribution in [0.25, 0.3) is 0 Å². The number of morpholine rings is 1. The van der Waals surface area contributed by atoms with E-state index < -0.39 is 55.4 Å². The Balaban J connectivity index is 1.66. The Morgan fingerprint density at radius 2 is 1.70 bits per heavy atom. The lowest BCUT2D eigenvalue weighted by Gasteiger charge is -2.41. The zero-order valence-electron chi connectivity index (χ0n) is 20.6. The number of aromatic amines is 1. The Bertz CT molecular complexity index is 1410. The zero-order chi connectivity index (χ0) is 29.5. The van der Waals surface area contributed by atoms with Gasteiger partial charge in [0.25, 0.3) is 0 Å². The van der Waals surface area contributed by atoms with Gasteiger partial charge in [0.2, 0.25) is 0 Å². The maximum Gasteiger partial charge on any atom is 0.454 e. The molecule has 17 heteroatoms. The van der Waals surface area contributed by atoms with Crippen LogP contribution in [0.1, 0.15) is 47.1 Å². The first-order valence-corrected chi connectivity index (χ1v) is 13.2. The normalized spacial score (nSPS) is 20.0. The van der Waals surface area contributed by atoms with Gasteiger partial charge in [0.05, 0.1) is 36.4 Å². The van der Waals surface area contributed by atoms with Crippen LogP contribution in [-0.4, -0.2) is 48.7 Å². The SMILES string of the molecule is CC(O[C@H]1OCCN(Cc2nn(P(=O)(O)O)c(=O)[nH]2)[C@H]1c1ccccc1)c1cc(C(F)(F)F)cc(C(F)(F)F)c1. The number of hydrogen-bond acceptors (Lipinski definition) is 6. The first-order chi connectivity index (χ1) is 18.5. The van der Waals surface area contributed by atoms with E-state index in [4.69, 9.17) is 9.47 Å². The second-order valence-electron chi connectivity index (χ2n) is 8.96. The first-order valence-electron chi connectivity index (χ1n) is 11.6. The second-order valence-corrected chi connectivity index (χ2v) is 10.4. The van der Waals surface area contributed by atoms with Crippen LogP contribution in [-0.2, 0) is 32.9 Å². The molecule has 0 saturated carbocycles. The van der Waals surface area contributed by atoms with Gasteiger partial charge in [0, 0.05) is 6.54 Å². The number of nitrogens with zero attached hydrogens (tertiary/aromatic N) is 3. The minimum absolute atomic E-state index is 0.00222. The van der Waals surface area contributed by atoms with E-state index in [1.165, 1.54) is 6.92 Å². The van der Waals surface area contributed by atoms with Gasteiger partial charge in [0.1, 0.15) is 5.82 Å². The summed E-state index contributed by atoms with van der Waals surface area (Å²) in [5, 5.41) is 3.65. The van der Waals surface area contributed by atoms with Crippen LogP contribution in [0.2, 0.25) is 0 Å². The molecule has 1 aliphatic heterocycles. The van der Waals surface area contributed by atoms with Crippen molar-refractivity contribution in [2.24, 2.45) is 0 Å². The Morgan fingerprint density at radius 3 is 2.23 bits per heavy atom. The third-order valence-electron chi connectivity index (χ3n) is 6.12. The third-order valence-corrected chi connectivity index (χ3v) is 6.88. The summed E-state index contributed by atoms with van der Waals surface area (Å²) in [6.45, 7) is 1.36. The van der Waals surface area contributed by atoms with Gasteiger partial charge in [-0.25, -0.2) is 9.36 Å². The van der Waals surface area contributed by atoms with Crippen molar-refractivity contribution in [2.75, 3.05) is 13.2 Å². The number of ether oxygens (including phenoxy) is 2. The van der Waals surface area contributed by atoms with Crippen LogP contribution < -0.4 is 5.69 Å². The molecule has 1 fully saturated rings. The fraction of sp³-hybridized carbons (Fsp3) is 0.391. The fourth-order valence-corrected chi connectivity index (χ4v) is 4.80. The summed E-state index contributed by atoms with van der Waals surface area (Å²) >= 11 is 0. The molecule has 0 radical (unpaired) electrons. The maximum absolute atomic E-state index is 13.4. The molecule has 3 atom stereocenters. The smallest absolute Gasteiger partial charge is 0.349 e. The quantitative estimate of drug-likeness (QED) is 0.273. The molecule has 218 valence electrons. The van der Waals surface area contributed by atoms with E-state index >= 15 is 0 Å². The molecule has 1 unspecified atom stereocenters. The lowest BCUT2D eigenvalue weighted by molar-refractivity contribution is -0.231. The highest BCUT2D eigenvalue weighted by Crippen LogP contribution is 2.40. The van der Waals surface area contributed by atoms with E-state index in [1.807, 2.05) is 0 Å². The molecular weight excluding hydrogens is 573 g/mol. The lowest BCUT2D eigenvalue weighted by Crippen LogP contribution is -2.46. The van der Waals surface area contributed by atoms with Gasteiger partial charge in [-0.15, -0.1) is 9.55 Å². The van der Waals surface area contributed by atoms with Crippen molar-refractivity contribution in [2.45, 2.75) is 44.3 Å².